The van der Waals surface area contributed by atoms with Crippen LogP contribution in [0.3, 0.4) is 0 Å². The summed E-state index contributed by atoms with van der Waals surface area (Å²) in [6.07, 6.45) is 0.903. The summed E-state index contributed by atoms with van der Waals surface area (Å²) in [6.45, 7) is 2.82. The number of aryl methyl sites for hydroxylation is 1. The number of carbonyl (C=O) groups excluding carboxylic acids is 1. The molecule has 8 heteroatoms. The quantitative estimate of drug-likeness (QED) is 0.484. The molecule has 28 heavy (non-hydrogen) atoms. The van der Waals surface area contributed by atoms with Crippen molar-refractivity contribution in [3.05, 3.63) is 46.2 Å². The lowest BCUT2D eigenvalue weighted by atomic mass is 10.2. The van der Waals surface area contributed by atoms with Gasteiger partial charge in [0.25, 0.3) is 5.91 Å². The minimum absolute atomic E-state index is 0.273. The van der Waals surface area contributed by atoms with Crippen molar-refractivity contribution >= 4 is 49.0 Å². The predicted molar refractivity (Wildman–Crippen MR) is 113 cm³/mol. The lowest BCUT2D eigenvalue weighted by Crippen LogP contribution is -2.17. The molecule has 0 aliphatic rings. The van der Waals surface area contributed by atoms with Gasteiger partial charge in [-0.05, 0) is 36.8 Å². The van der Waals surface area contributed by atoms with Crippen molar-refractivity contribution in [2.75, 3.05) is 14.2 Å². The number of carbonyl (C=O) groups is 1. The number of nitrogens with zero attached hydrogens (tertiary/aromatic N) is 3. The van der Waals surface area contributed by atoms with E-state index in [1.807, 2.05) is 28.8 Å². The number of thiazole rings is 2. The van der Waals surface area contributed by atoms with Crippen LogP contribution in [0.2, 0.25) is 0 Å². The fraction of sp³-hybridized carbons (Fsp3) is 0.250. The van der Waals surface area contributed by atoms with Gasteiger partial charge in [-0.3, -0.25) is 4.79 Å². The average Bonchev–Trinajstić information content (AvgIpc) is 3.32. The Morgan fingerprint density at radius 1 is 1.18 bits per heavy atom. The van der Waals surface area contributed by atoms with Crippen LogP contribution in [0.15, 0.2) is 40.8 Å². The number of aromatic nitrogens is 2. The van der Waals surface area contributed by atoms with Gasteiger partial charge >= 0.3 is 0 Å². The van der Waals surface area contributed by atoms with Crippen molar-refractivity contribution in [3.8, 4) is 11.5 Å². The van der Waals surface area contributed by atoms with Gasteiger partial charge in [-0.1, -0.05) is 18.3 Å². The molecule has 0 radical (unpaired) electrons. The highest BCUT2D eigenvalue weighted by atomic mass is 32.1. The van der Waals surface area contributed by atoms with Crippen LogP contribution in [0.4, 0.5) is 0 Å². The third-order valence-corrected chi connectivity index (χ3v) is 6.30. The minimum Gasteiger partial charge on any atom is -0.495 e. The molecule has 0 atom stereocenters. The molecule has 0 aliphatic carbocycles. The highest BCUT2D eigenvalue weighted by molar-refractivity contribution is 7.17. The first kappa shape index (κ1) is 18.6. The summed E-state index contributed by atoms with van der Waals surface area (Å²) in [5.41, 5.74) is 4.11. The summed E-state index contributed by atoms with van der Waals surface area (Å²) in [4.78, 5) is 22.2. The third-order valence-electron chi connectivity index (χ3n) is 4.41. The Balaban J connectivity index is 1.90. The van der Waals surface area contributed by atoms with Crippen LogP contribution in [0, 0.1) is 0 Å². The van der Waals surface area contributed by atoms with E-state index in [2.05, 4.69) is 16.9 Å². The van der Waals surface area contributed by atoms with E-state index in [-0.39, 0.29) is 5.91 Å². The van der Waals surface area contributed by atoms with Crippen molar-refractivity contribution in [2.45, 2.75) is 19.9 Å². The zero-order valence-corrected chi connectivity index (χ0v) is 17.4. The first-order valence-electron chi connectivity index (χ1n) is 8.83. The van der Waals surface area contributed by atoms with Gasteiger partial charge in [-0.25, -0.2) is 4.98 Å². The topological polar surface area (TPSA) is 65.7 Å². The van der Waals surface area contributed by atoms with Gasteiger partial charge in [0.05, 0.1) is 29.9 Å². The molecule has 6 nitrogen and oxygen atoms in total. The molecule has 4 rings (SSSR count). The molecule has 0 fully saturated rings. The second kappa shape index (κ2) is 7.73. The molecule has 0 saturated heterocycles. The van der Waals surface area contributed by atoms with Crippen LogP contribution >= 0.6 is 22.7 Å². The highest BCUT2D eigenvalue weighted by Gasteiger charge is 2.16. The molecular weight excluding hydrogens is 394 g/mol. The van der Waals surface area contributed by atoms with E-state index < -0.39 is 0 Å². The fourth-order valence-corrected chi connectivity index (χ4v) is 4.99. The van der Waals surface area contributed by atoms with Crippen LogP contribution in [0.25, 0.3) is 20.4 Å². The average molecular weight is 414 g/mol. The molecule has 144 valence electrons. The smallest absolute Gasteiger partial charge is 0.279 e. The number of ether oxygens (including phenoxy) is 2. The Morgan fingerprint density at radius 2 is 1.96 bits per heavy atom. The van der Waals surface area contributed by atoms with Crippen molar-refractivity contribution in [2.24, 2.45) is 4.99 Å². The number of fused-ring (bicyclic) bond motifs is 2. The zero-order valence-electron chi connectivity index (χ0n) is 15.8. The largest absolute Gasteiger partial charge is 0.495 e. The number of benzene rings is 2. The standard InChI is InChI=1S/C20H19N3O3S2/c1-4-9-23-17-14(25-2)7-8-15(26-3)18(17)28-20(23)22-19(24)12-5-6-13-16(10-12)27-11-21-13/h5-8,10-11H,4,9H2,1-3H3. The fourth-order valence-electron chi connectivity index (χ4n) is 3.11. The van der Waals surface area contributed by atoms with Gasteiger partial charge < -0.3 is 14.0 Å². The monoisotopic (exact) mass is 413 g/mol. The second-order valence-corrected chi connectivity index (χ2v) is 8.00. The van der Waals surface area contributed by atoms with Gasteiger partial charge in [0, 0.05) is 12.1 Å². The van der Waals surface area contributed by atoms with Crippen molar-refractivity contribution in [1.29, 1.82) is 0 Å². The summed E-state index contributed by atoms with van der Waals surface area (Å²) >= 11 is 2.94. The van der Waals surface area contributed by atoms with Gasteiger partial charge in [0.1, 0.15) is 21.7 Å². The first-order valence-corrected chi connectivity index (χ1v) is 10.5. The number of hydrogen-bond acceptors (Lipinski definition) is 6. The maximum atomic E-state index is 12.9. The van der Waals surface area contributed by atoms with Crippen LogP contribution < -0.4 is 14.3 Å². The number of hydrogen-bond donors (Lipinski definition) is 0. The summed E-state index contributed by atoms with van der Waals surface area (Å²) in [5, 5.41) is 0. The van der Waals surface area contributed by atoms with E-state index >= 15 is 0 Å². The van der Waals surface area contributed by atoms with Crippen molar-refractivity contribution in [1.82, 2.24) is 9.55 Å². The Kier molecular flexibility index (Phi) is 5.15. The minimum atomic E-state index is -0.273. The lowest BCUT2D eigenvalue weighted by molar-refractivity contribution is 0.0998. The van der Waals surface area contributed by atoms with Crippen molar-refractivity contribution < 1.29 is 14.3 Å². The predicted octanol–water partition coefficient (Wildman–Crippen LogP) is 4.48. The Morgan fingerprint density at radius 3 is 2.71 bits per heavy atom. The molecule has 0 aliphatic heterocycles. The SMILES string of the molecule is CCCn1c(=NC(=O)c2ccc3ncsc3c2)sc2c(OC)ccc(OC)c21. The number of amides is 1. The van der Waals surface area contributed by atoms with E-state index in [1.54, 1.807) is 25.8 Å². The van der Waals surface area contributed by atoms with E-state index in [0.717, 1.165) is 44.9 Å². The molecule has 2 aromatic heterocycles. The van der Waals surface area contributed by atoms with Gasteiger partial charge in [-0.2, -0.15) is 4.99 Å². The summed E-state index contributed by atoms with van der Waals surface area (Å²) < 4.78 is 15.0. The zero-order chi connectivity index (χ0) is 19.7. The Hall–Kier alpha value is -2.71. The molecule has 0 spiro atoms. The molecule has 4 aromatic rings. The molecule has 0 bridgehead atoms. The van der Waals surface area contributed by atoms with Gasteiger partial charge in [0.15, 0.2) is 4.80 Å². The molecule has 2 aromatic carbocycles. The Bertz CT molecular complexity index is 1240. The van der Waals surface area contributed by atoms with Gasteiger partial charge in [-0.15, -0.1) is 11.3 Å². The molecule has 0 N–H and O–H groups in total. The molecule has 0 unspecified atom stereocenters. The van der Waals surface area contributed by atoms with E-state index in [9.17, 15) is 4.79 Å². The Labute approximate surface area is 169 Å². The maximum absolute atomic E-state index is 12.9. The molecule has 2 heterocycles. The van der Waals surface area contributed by atoms with Crippen LogP contribution in [0.5, 0.6) is 11.5 Å². The first-order chi connectivity index (χ1) is 13.7. The van der Waals surface area contributed by atoms with Crippen LogP contribution in [-0.4, -0.2) is 29.7 Å². The van der Waals surface area contributed by atoms with E-state index in [0.29, 0.717) is 10.4 Å². The third kappa shape index (κ3) is 3.18. The molecule has 0 saturated carbocycles. The van der Waals surface area contributed by atoms with Crippen molar-refractivity contribution in [3.63, 3.8) is 0 Å². The number of methoxy groups -OCH3 is 2. The van der Waals surface area contributed by atoms with Crippen LogP contribution in [-0.2, 0) is 6.54 Å². The summed E-state index contributed by atoms with van der Waals surface area (Å²) in [6, 6.07) is 9.22. The second-order valence-electron chi connectivity index (χ2n) is 6.14. The van der Waals surface area contributed by atoms with Gasteiger partial charge in [0.2, 0.25) is 0 Å². The number of rotatable bonds is 5. The normalized spacial score (nSPS) is 12.0. The summed E-state index contributed by atoms with van der Waals surface area (Å²) in [7, 11) is 3.28. The maximum Gasteiger partial charge on any atom is 0.279 e. The molecular formula is C20H19N3O3S2. The van der Waals surface area contributed by atoms with E-state index in [4.69, 9.17) is 9.47 Å². The van der Waals surface area contributed by atoms with Crippen LogP contribution in [0.1, 0.15) is 23.7 Å². The molecule has 1 amide bonds. The van der Waals surface area contributed by atoms with E-state index in [1.165, 1.54) is 22.7 Å². The highest BCUT2D eigenvalue weighted by Crippen LogP contribution is 2.35. The lowest BCUT2D eigenvalue weighted by Gasteiger charge is -2.09. The summed E-state index contributed by atoms with van der Waals surface area (Å²) in [5.74, 6) is 1.20.